The van der Waals surface area contributed by atoms with Gasteiger partial charge in [-0.25, -0.2) is 0 Å². The molecule has 70 heavy (non-hydrogen) atoms. The number of aromatic nitrogens is 3. The molecule has 0 saturated carbocycles. The molecule has 0 aliphatic heterocycles. The number of para-hydroxylation sites is 2. The lowest BCUT2D eigenvalue weighted by atomic mass is 9.88. The summed E-state index contributed by atoms with van der Waals surface area (Å²) in [4.78, 5) is 50.3. The Morgan fingerprint density at radius 2 is 0.486 bits per heavy atom. The molecule has 0 aliphatic carbocycles. The second-order valence-corrected chi connectivity index (χ2v) is 17.4. The Bertz CT molecular complexity index is 3980. The van der Waals surface area contributed by atoms with Crippen molar-refractivity contribution >= 4 is 32.7 Å². The van der Waals surface area contributed by atoms with Crippen molar-refractivity contribution < 1.29 is 0 Å². The lowest BCUT2D eigenvalue weighted by Crippen LogP contribution is -2.25. The van der Waals surface area contributed by atoms with Crippen LogP contribution in [0.5, 0.6) is 0 Å². The van der Waals surface area contributed by atoms with E-state index >= 15 is 14.4 Å². The van der Waals surface area contributed by atoms with E-state index in [1.807, 2.05) is 254 Å². The third-order valence-corrected chi connectivity index (χ3v) is 13.4. The van der Waals surface area contributed by atoms with Crippen molar-refractivity contribution in [3.63, 3.8) is 0 Å². The molecular weight excluding hydrogens is 859 g/mol. The van der Waals surface area contributed by atoms with Gasteiger partial charge >= 0.3 is 0 Å². The molecule has 0 atom stereocenters. The molecule has 0 fully saturated rings. The molecule has 0 N–H and O–H groups in total. The molecule has 0 radical (unpaired) electrons. The monoisotopic (exact) mass is 901 g/mol. The van der Waals surface area contributed by atoms with E-state index in [0.29, 0.717) is 67.0 Å². The van der Waals surface area contributed by atoms with Crippen LogP contribution < -0.4 is 16.3 Å². The highest BCUT2D eigenvalue weighted by Crippen LogP contribution is 2.45. The van der Waals surface area contributed by atoms with Gasteiger partial charge in [-0.2, -0.15) is 0 Å². The first-order valence-corrected chi connectivity index (χ1v) is 23.4. The van der Waals surface area contributed by atoms with E-state index in [0.717, 1.165) is 28.1 Å². The Kier molecular flexibility index (Phi) is 10.4. The summed E-state index contributed by atoms with van der Waals surface area (Å²) in [7, 11) is 1.95. The summed E-state index contributed by atoms with van der Waals surface area (Å²) in [6.07, 6.45) is 0. The van der Waals surface area contributed by atoms with E-state index in [-0.39, 0.29) is 32.4 Å². The Labute approximate surface area is 403 Å². The van der Waals surface area contributed by atoms with E-state index in [1.54, 1.807) is 0 Å². The summed E-state index contributed by atoms with van der Waals surface area (Å²) in [6, 6.07) is 78.7. The van der Waals surface area contributed by atoms with Crippen molar-refractivity contribution in [1.82, 2.24) is 13.7 Å². The Hall–Kier alpha value is -9.39. The zero-order valence-corrected chi connectivity index (χ0v) is 38.2. The number of pyridine rings is 3. The zero-order chi connectivity index (χ0) is 47.3. The number of benzene rings is 9. The quantitative estimate of drug-likeness (QED) is 0.143. The van der Waals surface area contributed by atoms with Gasteiger partial charge in [-0.1, -0.05) is 218 Å². The maximum absolute atomic E-state index is 16.9. The summed E-state index contributed by atoms with van der Waals surface area (Å²) in [5.41, 5.74) is 9.41. The van der Waals surface area contributed by atoms with Crippen LogP contribution in [0.2, 0.25) is 0 Å². The van der Waals surface area contributed by atoms with Crippen LogP contribution in [0.1, 0.15) is 0 Å². The number of hydrogen-bond acceptors (Lipinski definition) is 3. The van der Waals surface area contributed by atoms with Crippen LogP contribution in [-0.4, -0.2) is 13.7 Å². The number of aryl methyl sites for hydroxylation is 1. The normalized spacial score (nSPS) is 11.4. The molecule has 6 heteroatoms. The van der Waals surface area contributed by atoms with E-state index in [1.165, 1.54) is 0 Å². The summed E-state index contributed by atoms with van der Waals surface area (Å²) < 4.78 is 6.22. The summed E-state index contributed by atoms with van der Waals surface area (Å²) >= 11 is 0. The van der Waals surface area contributed by atoms with Crippen molar-refractivity contribution in [3.05, 3.63) is 273 Å². The molecule has 12 rings (SSSR count). The Balaban J connectivity index is 1.51. The van der Waals surface area contributed by atoms with Gasteiger partial charge in [0, 0.05) is 18.4 Å². The molecule has 0 saturated heterocycles. The summed E-state index contributed by atoms with van der Waals surface area (Å²) in [5.74, 6) is 0. The van der Waals surface area contributed by atoms with Gasteiger partial charge in [0.2, 0.25) is 0 Å². The predicted molar refractivity (Wildman–Crippen MR) is 288 cm³/mol. The molecule has 0 amide bonds. The van der Waals surface area contributed by atoms with Gasteiger partial charge in [0.25, 0.3) is 0 Å². The Morgan fingerprint density at radius 1 is 0.257 bits per heavy atom. The third-order valence-electron chi connectivity index (χ3n) is 13.4. The number of rotatable bonds is 8. The van der Waals surface area contributed by atoms with Crippen molar-refractivity contribution in [3.8, 4) is 78.5 Å². The smallest absolute Gasteiger partial charge is 0.200 e. The number of nitrogens with zero attached hydrogens (tertiary/aromatic N) is 3. The summed E-state index contributed by atoms with van der Waals surface area (Å²) in [6.45, 7) is 0. The predicted octanol–water partition coefficient (Wildman–Crippen LogP) is 14.1. The molecule has 12 aromatic rings. The first-order chi connectivity index (χ1) is 34.5. The molecule has 332 valence electrons. The molecular formula is C64H43N3O3. The maximum atomic E-state index is 16.9. The van der Waals surface area contributed by atoms with E-state index in [9.17, 15) is 0 Å². The molecule has 9 aromatic carbocycles. The van der Waals surface area contributed by atoms with Crippen LogP contribution in [0.15, 0.2) is 257 Å². The summed E-state index contributed by atoms with van der Waals surface area (Å²) in [5, 5.41) is 0.750. The molecule has 0 spiro atoms. The van der Waals surface area contributed by atoms with E-state index in [2.05, 4.69) is 9.13 Å². The first-order valence-electron chi connectivity index (χ1n) is 23.4. The van der Waals surface area contributed by atoms with Gasteiger partial charge < -0.3 is 13.7 Å². The minimum Gasteiger partial charge on any atom is -0.342 e. The topological polar surface area (TPSA) is 66.0 Å². The van der Waals surface area contributed by atoms with Gasteiger partial charge in [-0.15, -0.1) is 0 Å². The average Bonchev–Trinajstić information content (AvgIpc) is 3.43. The van der Waals surface area contributed by atoms with Crippen LogP contribution in [0.4, 0.5) is 0 Å². The highest BCUT2D eigenvalue weighted by molar-refractivity contribution is 6.26. The molecule has 6 nitrogen and oxygen atoms in total. The SMILES string of the molecule is Cn1c(-c2ccccc2)c(-c2ccccc2)c(=O)c2c1c1c(=O)c(-c3ccccc3)c(-c3ccccc3)n(-c3ccccc3)c1c1c(=O)c(-c3ccccc3)c(-c3ccccc3)n(-c3ccccc3)c21. The highest BCUT2D eigenvalue weighted by Gasteiger charge is 2.33. The van der Waals surface area contributed by atoms with Gasteiger partial charge in [-0.3, -0.25) is 14.4 Å². The second kappa shape index (κ2) is 17.4. The van der Waals surface area contributed by atoms with Gasteiger partial charge in [0.05, 0.1) is 66.5 Å². The standard InChI is InChI=1S/C64H43N3O3/c1-65-56(45-32-16-5-17-33-45)50(42-26-10-2-11-27-42)62(68)53-59(65)54-61(66(48-38-22-8-23-39-48)57(46-34-18-6-19-35-46)51(63(54)69)43-28-12-3-13-29-43)55-60(53)67(49-40-24-9-25-41-49)58(47-36-20-7-21-37-47)52(64(55)70)44-30-14-4-15-31-44/h2-41H,1H3. The minimum absolute atomic E-state index is 0.242. The molecule has 0 unspecified atom stereocenters. The fourth-order valence-corrected chi connectivity index (χ4v) is 10.5. The number of fused-ring (bicyclic) bond motifs is 6. The molecule has 0 bridgehead atoms. The average molecular weight is 902 g/mol. The van der Waals surface area contributed by atoms with Crippen molar-refractivity contribution in [2.75, 3.05) is 0 Å². The first kappa shape index (κ1) is 42.0. The van der Waals surface area contributed by atoms with E-state index in [4.69, 9.17) is 0 Å². The van der Waals surface area contributed by atoms with Crippen LogP contribution in [0, 0.1) is 0 Å². The van der Waals surface area contributed by atoms with Crippen LogP contribution in [-0.2, 0) is 7.05 Å². The molecule has 3 aromatic heterocycles. The van der Waals surface area contributed by atoms with Gasteiger partial charge in [0.15, 0.2) is 16.3 Å². The van der Waals surface area contributed by atoms with Crippen LogP contribution in [0.25, 0.3) is 111 Å². The minimum atomic E-state index is -0.315. The van der Waals surface area contributed by atoms with Crippen molar-refractivity contribution in [1.29, 1.82) is 0 Å². The van der Waals surface area contributed by atoms with Crippen LogP contribution >= 0.6 is 0 Å². The van der Waals surface area contributed by atoms with Crippen molar-refractivity contribution in [2.24, 2.45) is 7.05 Å². The molecule has 0 aliphatic rings. The Morgan fingerprint density at radius 3 is 0.786 bits per heavy atom. The van der Waals surface area contributed by atoms with Gasteiger partial charge in [0.1, 0.15) is 0 Å². The van der Waals surface area contributed by atoms with E-state index < -0.39 is 0 Å². The maximum Gasteiger partial charge on any atom is 0.200 e. The number of hydrogen-bond donors (Lipinski definition) is 0. The second-order valence-electron chi connectivity index (χ2n) is 17.4. The fourth-order valence-electron chi connectivity index (χ4n) is 10.5. The molecule has 3 heterocycles. The lowest BCUT2D eigenvalue weighted by molar-refractivity contribution is 0.964. The lowest BCUT2D eigenvalue weighted by Gasteiger charge is -2.28. The highest BCUT2D eigenvalue weighted by atomic mass is 16.1. The van der Waals surface area contributed by atoms with Crippen molar-refractivity contribution in [2.45, 2.75) is 0 Å². The zero-order valence-electron chi connectivity index (χ0n) is 38.2. The van der Waals surface area contributed by atoms with Gasteiger partial charge in [-0.05, 0) is 57.6 Å². The fraction of sp³-hybridized carbons (Fsp3) is 0.0156. The largest absolute Gasteiger partial charge is 0.342 e. The van der Waals surface area contributed by atoms with Crippen LogP contribution in [0.3, 0.4) is 0 Å². The third kappa shape index (κ3) is 6.68.